The topological polar surface area (TPSA) is 72.9 Å². The molecule has 0 radical (unpaired) electrons. The van der Waals surface area contributed by atoms with Gasteiger partial charge in [-0.3, -0.25) is 9.48 Å². The van der Waals surface area contributed by atoms with E-state index in [-0.39, 0.29) is 5.91 Å². The van der Waals surface area contributed by atoms with Crippen LogP contribution in [0.25, 0.3) is 0 Å². The van der Waals surface area contributed by atoms with Crippen molar-refractivity contribution in [3.8, 4) is 0 Å². The molecule has 0 aliphatic carbocycles. The first-order valence-corrected chi connectivity index (χ1v) is 6.23. The van der Waals surface area contributed by atoms with Gasteiger partial charge in [-0.05, 0) is 12.5 Å². The van der Waals surface area contributed by atoms with E-state index in [1.807, 2.05) is 31.2 Å². The zero-order valence-corrected chi connectivity index (χ0v) is 11.0. The fraction of sp³-hybridized carbons (Fsp3) is 0.286. The Morgan fingerprint density at radius 1 is 1.47 bits per heavy atom. The molecule has 0 aliphatic rings. The summed E-state index contributed by atoms with van der Waals surface area (Å²) >= 11 is 0. The Bertz CT molecular complexity index is 562. The van der Waals surface area contributed by atoms with Gasteiger partial charge in [0.05, 0.1) is 24.8 Å². The number of hydrogen-bond acceptors (Lipinski definition) is 3. The molecule has 2 aromatic rings. The summed E-state index contributed by atoms with van der Waals surface area (Å²) in [5.41, 5.74) is 8.38. The van der Waals surface area contributed by atoms with Crippen LogP contribution in [-0.2, 0) is 17.8 Å². The maximum Gasteiger partial charge on any atom is 0.224 e. The van der Waals surface area contributed by atoms with Crippen molar-refractivity contribution < 1.29 is 4.79 Å². The van der Waals surface area contributed by atoms with E-state index in [2.05, 4.69) is 10.4 Å². The SMILES string of the molecule is Cc1cccc(CC(=O)NCCn2cc(N)cn2)c1. The number of aryl methyl sites for hydroxylation is 1. The first-order chi connectivity index (χ1) is 9.13. The molecule has 3 N–H and O–H groups in total. The van der Waals surface area contributed by atoms with Crippen molar-refractivity contribution in [1.82, 2.24) is 15.1 Å². The Morgan fingerprint density at radius 3 is 3.00 bits per heavy atom. The standard InChI is InChI=1S/C14H18N4O/c1-11-3-2-4-12(7-11)8-14(19)16-5-6-18-10-13(15)9-17-18/h2-4,7,9-10H,5-6,8,15H2,1H3,(H,16,19). The Balaban J connectivity index is 1.76. The number of nitrogens with two attached hydrogens (primary N) is 1. The number of carbonyl (C=O) groups excluding carboxylic acids is 1. The van der Waals surface area contributed by atoms with Gasteiger partial charge in [0, 0.05) is 12.7 Å². The van der Waals surface area contributed by atoms with Crippen LogP contribution < -0.4 is 11.1 Å². The number of anilines is 1. The van der Waals surface area contributed by atoms with Crippen molar-refractivity contribution in [3.05, 3.63) is 47.8 Å². The molecule has 0 unspecified atom stereocenters. The Hall–Kier alpha value is -2.30. The Kier molecular flexibility index (Phi) is 4.18. The van der Waals surface area contributed by atoms with Crippen LogP contribution in [0.1, 0.15) is 11.1 Å². The van der Waals surface area contributed by atoms with Crippen molar-refractivity contribution in [2.45, 2.75) is 19.9 Å². The summed E-state index contributed by atoms with van der Waals surface area (Å²) in [6, 6.07) is 7.96. The third-order valence-electron chi connectivity index (χ3n) is 2.76. The average Bonchev–Trinajstić information content (AvgIpc) is 2.75. The van der Waals surface area contributed by atoms with Crippen molar-refractivity contribution >= 4 is 11.6 Å². The smallest absolute Gasteiger partial charge is 0.224 e. The minimum Gasteiger partial charge on any atom is -0.396 e. The molecule has 1 amide bonds. The van der Waals surface area contributed by atoms with Crippen LogP contribution in [0.2, 0.25) is 0 Å². The lowest BCUT2D eigenvalue weighted by Crippen LogP contribution is -2.28. The molecule has 5 heteroatoms. The molecule has 0 saturated heterocycles. The van der Waals surface area contributed by atoms with Gasteiger partial charge in [-0.15, -0.1) is 0 Å². The van der Waals surface area contributed by atoms with E-state index in [0.29, 0.717) is 25.2 Å². The van der Waals surface area contributed by atoms with Gasteiger partial charge >= 0.3 is 0 Å². The second kappa shape index (κ2) is 6.04. The molecule has 0 bridgehead atoms. The highest BCUT2D eigenvalue weighted by Crippen LogP contribution is 2.04. The van der Waals surface area contributed by atoms with Crippen LogP contribution in [0.5, 0.6) is 0 Å². The minimum atomic E-state index is 0.0192. The van der Waals surface area contributed by atoms with E-state index in [0.717, 1.165) is 11.1 Å². The molecule has 100 valence electrons. The molecule has 0 aliphatic heterocycles. The molecule has 2 rings (SSSR count). The molecule has 5 nitrogen and oxygen atoms in total. The molecule has 1 aromatic carbocycles. The number of amides is 1. The maximum atomic E-state index is 11.8. The largest absolute Gasteiger partial charge is 0.396 e. The van der Waals surface area contributed by atoms with Crippen LogP contribution in [-0.4, -0.2) is 22.2 Å². The number of nitrogens with zero attached hydrogens (tertiary/aromatic N) is 2. The second-order valence-corrected chi connectivity index (χ2v) is 4.55. The van der Waals surface area contributed by atoms with Crippen molar-refractivity contribution in [3.63, 3.8) is 0 Å². The van der Waals surface area contributed by atoms with E-state index in [4.69, 9.17) is 5.73 Å². The number of nitrogens with one attached hydrogen (secondary N) is 1. The Labute approximate surface area is 112 Å². The van der Waals surface area contributed by atoms with Gasteiger partial charge in [0.2, 0.25) is 5.91 Å². The number of carbonyl (C=O) groups is 1. The molecule has 1 aromatic heterocycles. The zero-order chi connectivity index (χ0) is 13.7. The van der Waals surface area contributed by atoms with Crippen molar-refractivity contribution in [1.29, 1.82) is 0 Å². The van der Waals surface area contributed by atoms with Gasteiger partial charge in [-0.2, -0.15) is 5.10 Å². The summed E-state index contributed by atoms with van der Waals surface area (Å²) in [6.45, 7) is 3.19. The van der Waals surface area contributed by atoms with E-state index >= 15 is 0 Å². The maximum absolute atomic E-state index is 11.8. The summed E-state index contributed by atoms with van der Waals surface area (Å²) in [4.78, 5) is 11.8. The average molecular weight is 258 g/mol. The summed E-state index contributed by atoms with van der Waals surface area (Å²) in [7, 11) is 0. The van der Waals surface area contributed by atoms with Gasteiger partial charge < -0.3 is 11.1 Å². The molecule has 1 heterocycles. The van der Waals surface area contributed by atoms with Crippen LogP contribution in [0.4, 0.5) is 5.69 Å². The monoisotopic (exact) mass is 258 g/mol. The zero-order valence-electron chi connectivity index (χ0n) is 11.0. The lowest BCUT2D eigenvalue weighted by atomic mass is 10.1. The van der Waals surface area contributed by atoms with Gasteiger partial charge in [0.25, 0.3) is 0 Å². The molecule has 0 spiro atoms. The number of hydrogen-bond donors (Lipinski definition) is 2. The summed E-state index contributed by atoms with van der Waals surface area (Å²) in [6.07, 6.45) is 3.74. The molecule has 0 atom stereocenters. The van der Waals surface area contributed by atoms with Crippen LogP contribution in [0.3, 0.4) is 0 Å². The lowest BCUT2D eigenvalue weighted by molar-refractivity contribution is -0.120. The highest BCUT2D eigenvalue weighted by molar-refractivity contribution is 5.78. The van der Waals surface area contributed by atoms with Crippen molar-refractivity contribution in [2.24, 2.45) is 0 Å². The van der Waals surface area contributed by atoms with E-state index < -0.39 is 0 Å². The fourth-order valence-electron chi connectivity index (χ4n) is 1.88. The van der Waals surface area contributed by atoms with Gasteiger partial charge in [-0.25, -0.2) is 0 Å². The fourth-order valence-corrected chi connectivity index (χ4v) is 1.88. The number of rotatable bonds is 5. The van der Waals surface area contributed by atoms with E-state index in [1.54, 1.807) is 17.1 Å². The predicted octanol–water partition coefficient (Wildman–Crippen LogP) is 1.13. The third kappa shape index (κ3) is 4.13. The number of benzene rings is 1. The molecule has 19 heavy (non-hydrogen) atoms. The van der Waals surface area contributed by atoms with Crippen LogP contribution in [0.15, 0.2) is 36.7 Å². The quantitative estimate of drug-likeness (QED) is 0.844. The van der Waals surface area contributed by atoms with Gasteiger partial charge in [0.15, 0.2) is 0 Å². The van der Waals surface area contributed by atoms with Gasteiger partial charge in [-0.1, -0.05) is 29.8 Å². The molecular weight excluding hydrogens is 240 g/mol. The molecular formula is C14H18N4O. The Morgan fingerprint density at radius 2 is 2.32 bits per heavy atom. The van der Waals surface area contributed by atoms with E-state index in [9.17, 15) is 4.79 Å². The van der Waals surface area contributed by atoms with Crippen LogP contribution >= 0.6 is 0 Å². The highest BCUT2D eigenvalue weighted by atomic mass is 16.1. The summed E-state index contributed by atoms with van der Waals surface area (Å²) in [5, 5.41) is 6.92. The highest BCUT2D eigenvalue weighted by Gasteiger charge is 2.03. The lowest BCUT2D eigenvalue weighted by Gasteiger charge is -2.06. The predicted molar refractivity (Wildman–Crippen MR) is 74.5 cm³/mol. The van der Waals surface area contributed by atoms with E-state index in [1.165, 1.54) is 0 Å². The summed E-state index contributed by atoms with van der Waals surface area (Å²) in [5.74, 6) is 0.0192. The molecule has 0 fully saturated rings. The number of aromatic nitrogens is 2. The minimum absolute atomic E-state index is 0.0192. The molecule has 0 saturated carbocycles. The van der Waals surface area contributed by atoms with Gasteiger partial charge in [0.1, 0.15) is 0 Å². The van der Waals surface area contributed by atoms with Crippen molar-refractivity contribution in [2.75, 3.05) is 12.3 Å². The normalized spacial score (nSPS) is 10.4. The summed E-state index contributed by atoms with van der Waals surface area (Å²) < 4.78 is 1.71. The first-order valence-electron chi connectivity index (χ1n) is 6.23. The van der Waals surface area contributed by atoms with Crippen LogP contribution in [0, 0.1) is 6.92 Å². The number of nitrogen functional groups attached to an aromatic ring is 1. The third-order valence-corrected chi connectivity index (χ3v) is 2.76. The first kappa shape index (κ1) is 13.1. The second-order valence-electron chi connectivity index (χ2n) is 4.55.